The lowest BCUT2D eigenvalue weighted by atomic mass is 10.2. The summed E-state index contributed by atoms with van der Waals surface area (Å²) in [5.74, 6) is 0.875. The van der Waals surface area contributed by atoms with E-state index in [4.69, 9.17) is 16.3 Å². The predicted octanol–water partition coefficient (Wildman–Crippen LogP) is 2.64. The number of imidazole rings is 1. The lowest BCUT2D eigenvalue weighted by Gasteiger charge is -2.22. The summed E-state index contributed by atoms with van der Waals surface area (Å²) in [4.78, 5) is 4.28. The highest BCUT2D eigenvalue weighted by Gasteiger charge is 2.22. The molecule has 1 aliphatic heterocycles. The molecule has 14 heavy (non-hydrogen) atoms. The lowest BCUT2D eigenvalue weighted by Crippen LogP contribution is -2.19. The Kier molecular flexibility index (Phi) is 1.53. The average Bonchev–Trinajstić information content (AvgIpc) is 2.51. The minimum atomic E-state index is 0.252. The third-order valence-electron chi connectivity index (χ3n) is 2.55. The van der Waals surface area contributed by atoms with E-state index in [9.17, 15) is 0 Å². The Morgan fingerprint density at radius 3 is 3.29 bits per heavy atom. The molecule has 0 saturated carbocycles. The number of para-hydroxylation sites is 1. The molecule has 4 heteroatoms. The first-order chi connectivity index (χ1) is 6.77. The van der Waals surface area contributed by atoms with Crippen LogP contribution in [-0.2, 0) is 0 Å². The zero-order valence-corrected chi connectivity index (χ0v) is 8.45. The number of hydrogen-bond donors (Lipinski definition) is 0. The largest absolute Gasteiger partial charge is 0.489 e. The number of nitrogens with zero attached hydrogens (tertiary/aromatic N) is 2. The molecule has 0 spiro atoms. The molecular weight excluding hydrogens is 200 g/mol. The highest BCUT2D eigenvalue weighted by atomic mass is 35.5. The van der Waals surface area contributed by atoms with Crippen molar-refractivity contribution in [2.45, 2.75) is 13.0 Å². The molecule has 0 N–H and O–H groups in total. The number of rotatable bonds is 0. The van der Waals surface area contributed by atoms with Gasteiger partial charge >= 0.3 is 0 Å². The number of benzene rings is 1. The van der Waals surface area contributed by atoms with Gasteiger partial charge in [0.25, 0.3) is 0 Å². The summed E-state index contributed by atoms with van der Waals surface area (Å²) >= 11 is 6.06. The first kappa shape index (κ1) is 8.12. The van der Waals surface area contributed by atoms with E-state index < -0.39 is 0 Å². The molecular formula is C10H9ClN2O. The molecule has 0 bridgehead atoms. The second-order valence-corrected chi connectivity index (χ2v) is 3.87. The Morgan fingerprint density at radius 1 is 1.57 bits per heavy atom. The van der Waals surface area contributed by atoms with Crippen LogP contribution >= 0.6 is 11.6 Å². The van der Waals surface area contributed by atoms with Gasteiger partial charge in [0.15, 0.2) is 0 Å². The van der Waals surface area contributed by atoms with Crippen LogP contribution in [0.4, 0.5) is 0 Å². The highest BCUT2D eigenvalue weighted by molar-refractivity contribution is 6.29. The van der Waals surface area contributed by atoms with Crippen LogP contribution < -0.4 is 4.74 Å². The summed E-state index contributed by atoms with van der Waals surface area (Å²) in [7, 11) is 0. The molecule has 2 aromatic rings. The van der Waals surface area contributed by atoms with Crippen LogP contribution in [0.1, 0.15) is 13.0 Å². The smallest absolute Gasteiger partial charge is 0.204 e. The molecule has 3 rings (SSSR count). The standard InChI is InChI=1S/C10H9ClN2O/c1-6-5-14-8-4-2-3-7-9(8)13(6)10(11)12-7/h2-4,6H,5H2,1H3/t6-/m1/s1. The van der Waals surface area contributed by atoms with E-state index in [1.54, 1.807) is 0 Å². The van der Waals surface area contributed by atoms with Crippen LogP contribution in [0.3, 0.4) is 0 Å². The van der Waals surface area contributed by atoms with E-state index in [2.05, 4.69) is 11.9 Å². The fraction of sp³-hybridized carbons (Fsp3) is 0.300. The molecule has 72 valence electrons. The van der Waals surface area contributed by atoms with Crippen LogP contribution in [0.25, 0.3) is 11.0 Å². The molecule has 2 heterocycles. The maximum absolute atomic E-state index is 6.06. The summed E-state index contributed by atoms with van der Waals surface area (Å²) in [6.07, 6.45) is 0. The zero-order chi connectivity index (χ0) is 9.71. The quantitative estimate of drug-likeness (QED) is 0.666. The molecule has 0 unspecified atom stereocenters. The van der Waals surface area contributed by atoms with Gasteiger partial charge < -0.3 is 9.30 Å². The van der Waals surface area contributed by atoms with E-state index >= 15 is 0 Å². The number of aromatic nitrogens is 2. The summed E-state index contributed by atoms with van der Waals surface area (Å²) in [5, 5.41) is 0.545. The fourth-order valence-corrected chi connectivity index (χ4v) is 2.23. The summed E-state index contributed by atoms with van der Waals surface area (Å²) in [5.41, 5.74) is 1.91. The van der Waals surface area contributed by atoms with Gasteiger partial charge in [0.05, 0.1) is 11.6 Å². The lowest BCUT2D eigenvalue weighted by molar-refractivity contribution is 0.248. The molecule has 0 amide bonds. The Hall–Kier alpha value is -1.22. The van der Waals surface area contributed by atoms with Crippen molar-refractivity contribution in [2.75, 3.05) is 6.61 Å². The van der Waals surface area contributed by atoms with Crippen LogP contribution in [0.5, 0.6) is 5.75 Å². The van der Waals surface area contributed by atoms with E-state index in [0.717, 1.165) is 16.8 Å². The molecule has 1 aromatic heterocycles. The molecule has 3 nitrogen and oxygen atoms in total. The first-order valence-corrected chi connectivity index (χ1v) is 4.94. The maximum atomic E-state index is 6.06. The van der Waals surface area contributed by atoms with E-state index in [-0.39, 0.29) is 6.04 Å². The normalized spacial score (nSPS) is 19.7. The Labute approximate surface area is 86.3 Å². The van der Waals surface area contributed by atoms with Gasteiger partial charge in [0.2, 0.25) is 5.28 Å². The van der Waals surface area contributed by atoms with Crippen LogP contribution in [-0.4, -0.2) is 16.2 Å². The second kappa shape index (κ2) is 2.64. The Morgan fingerprint density at radius 2 is 2.43 bits per heavy atom. The Balaban J connectivity index is 2.48. The highest BCUT2D eigenvalue weighted by Crippen LogP contribution is 2.34. The van der Waals surface area contributed by atoms with Crippen molar-refractivity contribution in [3.05, 3.63) is 23.5 Å². The van der Waals surface area contributed by atoms with Gasteiger partial charge in [-0.1, -0.05) is 6.07 Å². The minimum absolute atomic E-state index is 0.252. The van der Waals surface area contributed by atoms with E-state index in [0.29, 0.717) is 11.9 Å². The van der Waals surface area contributed by atoms with Gasteiger partial charge in [-0.2, -0.15) is 0 Å². The molecule has 1 atom stereocenters. The summed E-state index contributed by atoms with van der Waals surface area (Å²) in [6, 6.07) is 6.08. The van der Waals surface area contributed by atoms with Crippen LogP contribution in [0, 0.1) is 0 Å². The molecule has 0 aliphatic carbocycles. The summed E-state index contributed by atoms with van der Waals surface area (Å²) in [6.45, 7) is 2.73. The molecule has 1 aromatic carbocycles. The SMILES string of the molecule is C[C@@H]1COc2cccc3nc(Cl)n1c23. The van der Waals surface area contributed by atoms with Crippen molar-refractivity contribution in [2.24, 2.45) is 0 Å². The molecule has 1 aliphatic rings. The van der Waals surface area contributed by atoms with Crippen molar-refractivity contribution in [1.82, 2.24) is 9.55 Å². The first-order valence-electron chi connectivity index (χ1n) is 4.56. The van der Waals surface area contributed by atoms with E-state index in [1.807, 2.05) is 22.8 Å². The second-order valence-electron chi connectivity index (χ2n) is 3.53. The fourth-order valence-electron chi connectivity index (χ4n) is 1.89. The van der Waals surface area contributed by atoms with Gasteiger partial charge in [0.1, 0.15) is 17.9 Å². The average molecular weight is 209 g/mol. The maximum Gasteiger partial charge on any atom is 0.204 e. The minimum Gasteiger partial charge on any atom is -0.489 e. The van der Waals surface area contributed by atoms with Gasteiger partial charge in [-0.15, -0.1) is 0 Å². The van der Waals surface area contributed by atoms with Crippen molar-refractivity contribution in [1.29, 1.82) is 0 Å². The van der Waals surface area contributed by atoms with Gasteiger partial charge in [-0.25, -0.2) is 4.98 Å². The van der Waals surface area contributed by atoms with Gasteiger partial charge in [0, 0.05) is 0 Å². The number of halogens is 1. The van der Waals surface area contributed by atoms with Crippen molar-refractivity contribution < 1.29 is 4.74 Å². The number of ether oxygens (including phenoxy) is 1. The number of hydrogen-bond acceptors (Lipinski definition) is 2. The van der Waals surface area contributed by atoms with Crippen molar-refractivity contribution in [3.8, 4) is 5.75 Å². The topological polar surface area (TPSA) is 27.1 Å². The molecule has 0 saturated heterocycles. The van der Waals surface area contributed by atoms with Gasteiger partial charge in [-0.05, 0) is 30.7 Å². The molecule has 0 fully saturated rings. The third-order valence-corrected chi connectivity index (χ3v) is 2.82. The van der Waals surface area contributed by atoms with Crippen molar-refractivity contribution in [3.63, 3.8) is 0 Å². The van der Waals surface area contributed by atoms with Crippen molar-refractivity contribution >= 4 is 22.6 Å². The van der Waals surface area contributed by atoms with Crippen LogP contribution in [0.2, 0.25) is 5.28 Å². The van der Waals surface area contributed by atoms with Crippen LogP contribution in [0.15, 0.2) is 18.2 Å². The Bertz CT molecular complexity index is 506. The predicted molar refractivity (Wildman–Crippen MR) is 54.9 cm³/mol. The third kappa shape index (κ3) is 0.904. The van der Waals surface area contributed by atoms with Gasteiger partial charge in [-0.3, -0.25) is 0 Å². The monoisotopic (exact) mass is 208 g/mol. The zero-order valence-electron chi connectivity index (χ0n) is 7.70. The summed E-state index contributed by atoms with van der Waals surface area (Å²) < 4.78 is 7.63. The van der Waals surface area contributed by atoms with E-state index in [1.165, 1.54) is 0 Å². The molecule has 0 radical (unpaired) electrons.